The molecule has 0 aliphatic carbocycles. The van der Waals surface area contributed by atoms with Gasteiger partial charge in [-0.05, 0) is 49.6 Å². The highest BCUT2D eigenvalue weighted by atomic mass is 35.5. The molecule has 0 aliphatic heterocycles. The summed E-state index contributed by atoms with van der Waals surface area (Å²) in [5.74, 6) is -0.256. The van der Waals surface area contributed by atoms with Crippen LogP contribution in [0.1, 0.15) is 24.0 Å². The number of nitrogens with zero attached hydrogens (tertiary/aromatic N) is 1. The molecule has 1 amide bonds. The molecular weight excluding hydrogens is 407 g/mol. The Bertz CT molecular complexity index is 946. The van der Waals surface area contributed by atoms with Crippen LogP contribution < -0.4 is 9.62 Å². The molecule has 5 nitrogen and oxygen atoms in total. The molecular formula is C19H22Cl2N2O3S. The lowest BCUT2D eigenvalue weighted by atomic mass is 10.1. The molecule has 0 saturated heterocycles. The maximum atomic E-state index is 12.2. The Morgan fingerprint density at radius 3 is 2.44 bits per heavy atom. The van der Waals surface area contributed by atoms with Gasteiger partial charge in [0.2, 0.25) is 15.9 Å². The molecule has 0 saturated carbocycles. The molecule has 27 heavy (non-hydrogen) atoms. The smallest absolute Gasteiger partial charge is 0.232 e. The summed E-state index contributed by atoms with van der Waals surface area (Å²) < 4.78 is 25.8. The molecule has 2 aromatic carbocycles. The van der Waals surface area contributed by atoms with Gasteiger partial charge in [0.05, 0.1) is 27.7 Å². The van der Waals surface area contributed by atoms with Crippen molar-refractivity contribution in [2.24, 2.45) is 0 Å². The predicted octanol–water partition coefficient (Wildman–Crippen LogP) is 4.80. The van der Waals surface area contributed by atoms with Crippen molar-refractivity contribution >= 4 is 50.5 Å². The quantitative estimate of drug-likeness (QED) is 0.688. The Kier molecular flexibility index (Phi) is 7.14. The van der Waals surface area contributed by atoms with E-state index >= 15 is 0 Å². The zero-order valence-corrected chi connectivity index (χ0v) is 17.7. The van der Waals surface area contributed by atoms with Crippen molar-refractivity contribution in [3.63, 3.8) is 0 Å². The van der Waals surface area contributed by atoms with Crippen molar-refractivity contribution in [1.82, 2.24) is 0 Å². The number of halogens is 2. The fraction of sp³-hybridized carbons (Fsp3) is 0.316. The van der Waals surface area contributed by atoms with E-state index in [2.05, 4.69) is 5.32 Å². The van der Waals surface area contributed by atoms with Gasteiger partial charge in [-0.3, -0.25) is 9.10 Å². The summed E-state index contributed by atoms with van der Waals surface area (Å²) in [4.78, 5) is 12.2. The predicted molar refractivity (Wildman–Crippen MR) is 112 cm³/mol. The summed E-state index contributed by atoms with van der Waals surface area (Å²) in [6.45, 7) is 4.03. The van der Waals surface area contributed by atoms with Crippen molar-refractivity contribution < 1.29 is 13.2 Å². The first-order chi connectivity index (χ1) is 12.6. The van der Waals surface area contributed by atoms with E-state index in [1.165, 1.54) is 10.6 Å². The van der Waals surface area contributed by atoms with Crippen LogP contribution in [0.5, 0.6) is 0 Å². The molecule has 0 atom stereocenters. The molecule has 0 aliphatic rings. The van der Waals surface area contributed by atoms with Crippen LogP contribution in [-0.2, 0) is 14.8 Å². The number of sulfonamides is 1. The number of nitrogens with one attached hydrogen (secondary N) is 1. The molecule has 0 fully saturated rings. The maximum Gasteiger partial charge on any atom is 0.232 e. The molecule has 0 radical (unpaired) electrons. The third-order valence-corrected chi connectivity index (χ3v) is 6.23. The molecule has 2 rings (SSSR count). The van der Waals surface area contributed by atoms with Gasteiger partial charge in [-0.1, -0.05) is 41.4 Å². The molecule has 0 aromatic heterocycles. The molecule has 2 aromatic rings. The van der Waals surface area contributed by atoms with Crippen LogP contribution in [0, 0.1) is 13.8 Å². The Hall–Kier alpha value is -1.76. The Balaban J connectivity index is 2.05. The summed E-state index contributed by atoms with van der Waals surface area (Å²) in [6, 6.07) is 10.5. The van der Waals surface area contributed by atoms with Crippen LogP contribution in [0.2, 0.25) is 10.0 Å². The minimum atomic E-state index is -3.46. The molecule has 0 bridgehead atoms. The van der Waals surface area contributed by atoms with Gasteiger partial charge in [-0.25, -0.2) is 8.42 Å². The van der Waals surface area contributed by atoms with E-state index in [0.29, 0.717) is 22.8 Å². The zero-order chi connectivity index (χ0) is 20.2. The Morgan fingerprint density at radius 1 is 1.11 bits per heavy atom. The van der Waals surface area contributed by atoms with Crippen LogP contribution >= 0.6 is 23.2 Å². The lowest BCUT2D eigenvalue weighted by Crippen LogP contribution is -2.32. The van der Waals surface area contributed by atoms with Gasteiger partial charge in [0.1, 0.15) is 0 Å². The van der Waals surface area contributed by atoms with Gasteiger partial charge in [0.25, 0.3) is 0 Å². The minimum absolute atomic E-state index is 0.153. The van der Waals surface area contributed by atoms with E-state index in [1.54, 1.807) is 24.3 Å². The first-order valence-electron chi connectivity index (χ1n) is 8.39. The maximum absolute atomic E-state index is 12.2. The number of hydrogen-bond donors (Lipinski definition) is 1. The second kappa shape index (κ2) is 8.95. The summed E-state index contributed by atoms with van der Waals surface area (Å²) >= 11 is 12.0. The summed E-state index contributed by atoms with van der Waals surface area (Å²) in [6.07, 6.45) is 1.69. The van der Waals surface area contributed by atoms with Crippen LogP contribution in [0.4, 0.5) is 11.4 Å². The van der Waals surface area contributed by atoms with Gasteiger partial charge in [0.15, 0.2) is 0 Å². The fourth-order valence-corrected chi connectivity index (χ4v) is 4.03. The molecule has 146 valence electrons. The third-order valence-electron chi connectivity index (χ3n) is 4.24. The number of carbonyl (C=O) groups is 1. The average molecular weight is 429 g/mol. The average Bonchev–Trinajstić information content (AvgIpc) is 2.58. The van der Waals surface area contributed by atoms with E-state index in [0.717, 1.165) is 11.1 Å². The highest BCUT2D eigenvalue weighted by molar-refractivity contribution is 7.92. The van der Waals surface area contributed by atoms with Crippen molar-refractivity contribution in [3.05, 3.63) is 57.6 Å². The third kappa shape index (κ3) is 5.61. The molecule has 1 N–H and O–H groups in total. The first kappa shape index (κ1) is 21.5. The van der Waals surface area contributed by atoms with Gasteiger partial charge < -0.3 is 5.32 Å². The molecule has 0 spiro atoms. The highest BCUT2D eigenvalue weighted by Gasteiger charge is 2.20. The Morgan fingerprint density at radius 2 is 1.78 bits per heavy atom. The normalized spacial score (nSPS) is 11.3. The van der Waals surface area contributed by atoms with Crippen LogP contribution in [0.3, 0.4) is 0 Å². The second-order valence-corrected chi connectivity index (χ2v) is 9.00. The largest absolute Gasteiger partial charge is 0.325 e. The van der Waals surface area contributed by atoms with E-state index < -0.39 is 10.0 Å². The minimum Gasteiger partial charge on any atom is -0.325 e. The van der Waals surface area contributed by atoms with E-state index in [-0.39, 0.29) is 23.9 Å². The van der Waals surface area contributed by atoms with Gasteiger partial charge >= 0.3 is 0 Å². The van der Waals surface area contributed by atoms with Gasteiger partial charge in [-0.2, -0.15) is 0 Å². The van der Waals surface area contributed by atoms with Crippen LogP contribution in [-0.4, -0.2) is 27.1 Å². The number of amides is 1. The lowest BCUT2D eigenvalue weighted by molar-refractivity contribution is -0.116. The van der Waals surface area contributed by atoms with Crippen molar-refractivity contribution in [1.29, 1.82) is 0 Å². The monoisotopic (exact) mass is 428 g/mol. The molecule has 0 unspecified atom stereocenters. The van der Waals surface area contributed by atoms with Crippen molar-refractivity contribution in [2.45, 2.75) is 26.7 Å². The Labute approximate surface area is 170 Å². The number of aryl methyl sites for hydroxylation is 1. The van der Waals surface area contributed by atoms with E-state index in [4.69, 9.17) is 23.2 Å². The van der Waals surface area contributed by atoms with Gasteiger partial charge in [-0.15, -0.1) is 0 Å². The highest BCUT2D eigenvalue weighted by Crippen LogP contribution is 2.30. The van der Waals surface area contributed by atoms with Crippen molar-refractivity contribution in [2.75, 3.05) is 22.4 Å². The van der Waals surface area contributed by atoms with Gasteiger partial charge in [0, 0.05) is 13.0 Å². The number of rotatable bonds is 7. The first-order valence-corrected chi connectivity index (χ1v) is 11.0. The summed E-state index contributed by atoms with van der Waals surface area (Å²) in [5.41, 5.74) is 2.98. The van der Waals surface area contributed by atoms with Crippen LogP contribution in [0.15, 0.2) is 36.4 Å². The van der Waals surface area contributed by atoms with Crippen molar-refractivity contribution in [3.8, 4) is 0 Å². The van der Waals surface area contributed by atoms with E-state index in [1.807, 2.05) is 26.0 Å². The standard InChI is InChI=1S/C19H22Cl2N2O3S/c1-13-7-4-10-17(14(13)2)23(27(3,25)26)12-6-11-18(24)22-16-9-5-8-15(20)19(16)21/h4-5,7-10H,6,11-12H2,1-3H3,(H,22,24). The number of anilines is 2. The SMILES string of the molecule is Cc1cccc(N(CCCC(=O)Nc2cccc(Cl)c2Cl)S(C)(=O)=O)c1C. The topological polar surface area (TPSA) is 66.5 Å². The molecule has 8 heteroatoms. The number of hydrogen-bond acceptors (Lipinski definition) is 3. The number of benzene rings is 2. The zero-order valence-electron chi connectivity index (χ0n) is 15.4. The number of carbonyl (C=O) groups excluding carboxylic acids is 1. The summed E-state index contributed by atoms with van der Waals surface area (Å²) in [5, 5.41) is 3.33. The summed E-state index contributed by atoms with van der Waals surface area (Å²) in [7, 11) is -3.46. The fourth-order valence-electron chi connectivity index (χ4n) is 2.67. The second-order valence-electron chi connectivity index (χ2n) is 6.31. The van der Waals surface area contributed by atoms with E-state index in [9.17, 15) is 13.2 Å². The lowest BCUT2D eigenvalue weighted by Gasteiger charge is -2.25. The molecule has 0 heterocycles. The van der Waals surface area contributed by atoms with Crippen LogP contribution in [0.25, 0.3) is 0 Å².